The molecular formula is C5H15NO2S. The van der Waals surface area contributed by atoms with Crippen LogP contribution >= 0.6 is 0 Å². The highest BCUT2D eigenvalue weighted by Gasteiger charge is 1.72. The Bertz CT molecular complexity index is 72.6. The van der Waals surface area contributed by atoms with Gasteiger partial charge in [0.25, 0.3) is 0 Å². The monoisotopic (exact) mass is 153 g/mol. The molecule has 0 radical (unpaired) electrons. The minimum absolute atomic E-state index is 1.07. The molecule has 0 N–H and O–H groups in total. The summed E-state index contributed by atoms with van der Waals surface area (Å²) in [6.07, 6.45) is 1.47. The van der Waals surface area contributed by atoms with E-state index in [9.17, 15) is 4.21 Å². The topological polar surface area (TPSA) is 29.5 Å². The van der Waals surface area contributed by atoms with E-state index in [1.807, 2.05) is 26.0 Å². The highest BCUT2D eigenvalue weighted by atomic mass is 32.2. The summed E-state index contributed by atoms with van der Waals surface area (Å²) < 4.78 is 13.9. The molecule has 0 spiro atoms. The van der Waals surface area contributed by atoms with Crippen molar-refractivity contribution in [1.82, 2.24) is 4.90 Å². The van der Waals surface area contributed by atoms with Gasteiger partial charge in [0.2, 0.25) is 0 Å². The van der Waals surface area contributed by atoms with Crippen LogP contribution in [0, 0.1) is 0 Å². The minimum Gasteiger partial charge on any atom is -0.312 e. The van der Waals surface area contributed by atoms with Gasteiger partial charge in [-0.3, -0.25) is 4.18 Å². The van der Waals surface area contributed by atoms with Crippen LogP contribution in [0.4, 0.5) is 0 Å². The normalized spacial score (nSPS) is 12.2. The van der Waals surface area contributed by atoms with Crippen LogP contribution in [0.2, 0.25) is 0 Å². The van der Waals surface area contributed by atoms with Crippen LogP contribution in [0.5, 0.6) is 0 Å². The summed E-state index contributed by atoms with van der Waals surface area (Å²) >= 11 is -1.07. The lowest BCUT2D eigenvalue weighted by atomic mass is 11.0. The van der Waals surface area contributed by atoms with Gasteiger partial charge >= 0.3 is 0 Å². The van der Waals surface area contributed by atoms with Crippen molar-refractivity contribution in [3.63, 3.8) is 0 Å². The van der Waals surface area contributed by atoms with Crippen molar-refractivity contribution < 1.29 is 8.39 Å². The first kappa shape index (κ1) is 11.8. The average Bonchev–Trinajstić information content (AvgIpc) is 1.65. The molecule has 58 valence electrons. The molecule has 1 atom stereocenters. The van der Waals surface area contributed by atoms with Crippen LogP contribution in [0.1, 0.15) is 0 Å². The van der Waals surface area contributed by atoms with Crippen LogP contribution in [0.25, 0.3) is 0 Å². The maximum absolute atomic E-state index is 9.70. The van der Waals surface area contributed by atoms with Crippen molar-refractivity contribution in [3.05, 3.63) is 0 Å². The van der Waals surface area contributed by atoms with E-state index in [1.54, 1.807) is 0 Å². The van der Waals surface area contributed by atoms with Crippen molar-refractivity contribution >= 4 is 11.1 Å². The van der Waals surface area contributed by atoms with E-state index in [1.165, 1.54) is 13.4 Å². The molecule has 0 saturated carbocycles. The molecule has 4 heteroatoms. The molecular weight excluding hydrogens is 138 g/mol. The van der Waals surface area contributed by atoms with E-state index in [0.717, 1.165) is 0 Å². The van der Waals surface area contributed by atoms with E-state index >= 15 is 0 Å². The van der Waals surface area contributed by atoms with Gasteiger partial charge in [0.15, 0.2) is 11.1 Å². The molecule has 0 amide bonds. The fourth-order valence-corrected chi connectivity index (χ4v) is 0. The Morgan fingerprint density at radius 3 is 1.44 bits per heavy atom. The fraction of sp³-hybridized carbons (Fsp3) is 1.00. The summed E-state index contributed by atoms with van der Waals surface area (Å²) in [5.41, 5.74) is 0. The third-order valence-corrected chi connectivity index (χ3v) is 0.704. The third kappa shape index (κ3) is 69.4. The molecule has 1 unspecified atom stereocenters. The fourth-order valence-electron chi connectivity index (χ4n) is 0. The lowest BCUT2D eigenvalue weighted by Crippen LogP contribution is -1.99. The first-order valence-corrected chi connectivity index (χ1v) is 3.97. The lowest BCUT2D eigenvalue weighted by Gasteiger charge is -1.90. The summed E-state index contributed by atoms with van der Waals surface area (Å²) in [7, 11) is 7.40. The highest BCUT2D eigenvalue weighted by molar-refractivity contribution is 7.79. The second kappa shape index (κ2) is 8.07. The van der Waals surface area contributed by atoms with Gasteiger partial charge < -0.3 is 4.90 Å². The van der Waals surface area contributed by atoms with Crippen LogP contribution in [-0.2, 0) is 15.3 Å². The molecule has 0 aromatic carbocycles. The van der Waals surface area contributed by atoms with Gasteiger partial charge in [-0.25, -0.2) is 4.21 Å². The van der Waals surface area contributed by atoms with E-state index in [2.05, 4.69) is 4.18 Å². The summed E-state index contributed by atoms with van der Waals surface area (Å²) in [6.45, 7) is 0. The van der Waals surface area contributed by atoms with Gasteiger partial charge in [-0.05, 0) is 21.1 Å². The van der Waals surface area contributed by atoms with Crippen LogP contribution < -0.4 is 0 Å². The van der Waals surface area contributed by atoms with Crippen molar-refractivity contribution in [2.75, 3.05) is 34.5 Å². The second-order valence-electron chi connectivity index (χ2n) is 1.91. The molecule has 0 rings (SSSR count). The molecule has 0 aromatic rings. The molecule has 0 aliphatic rings. The Kier molecular flexibility index (Phi) is 10.6. The third-order valence-electron chi connectivity index (χ3n) is 0.235. The van der Waals surface area contributed by atoms with Crippen molar-refractivity contribution in [3.8, 4) is 0 Å². The second-order valence-corrected chi connectivity index (χ2v) is 3.05. The summed E-state index contributed by atoms with van der Waals surface area (Å²) in [4.78, 5) is 2.00. The number of hydrogen-bond donors (Lipinski definition) is 0. The lowest BCUT2D eigenvalue weighted by molar-refractivity contribution is 0.450. The maximum Gasteiger partial charge on any atom is 0.151 e. The van der Waals surface area contributed by atoms with Crippen LogP contribution in [0.3, 0.4) is 0 Å². The molecule has 3 nitrogen and oxygen atoms in total. The van der Waals surface area contributed by atoms with Gasteiger partial charge in [-0.15, -0.1) is 0 Å². The summed E-state index contributed by atoms with van der Waals surface area (Å²) in [6, 6.07) is 0. The van der Waals surface area contributed by atoms with Gasteiger partial charge in [0.05, 0.1) is 7.11 Å². The zero-order valence-corrected chi connectivity index (χ0v) is 7.49. The molecule has 0 heterocycles. The zero-order valence-electron chi connectivity index (χ0n) is 6.67. The molecule has 0 saturated heterocycles. The molecule has 0 aromatic heterocycles. The SMILES string of the molecule is CN(C)C.COS(C)=O. The molecule has 0 aliphatic heterocycles. The first-order valence-electron chi connectivity index (χ1n) is 2.49. The number of rotatable bonds is 1. The Balaban J connectivity index is 0. The minimum atomic E-state index is -1.07. The van der Waals surface area contributed by atoms with Gasteiger partial charge in [-0.2, -0.15) is 0 Å². The predicted molar refractivity (Wildman–Crippen MR) is 40.7 cm³/mol. The smallest absolute Gasteiger partial charge is 0.151 e. The van der Waals surface area contributed by atoms with Crippen LogP contribution in [0.15, 0.2) is 0 Å². The Morgan fingerprint density at radius 1 is 1.33 bits per heavy atom. The molecule has 0 aliphatic carbocycles. The number of nitrogens with zero attached hydrogens (tertiary/aromatic N) is 1. The quantitative estimate of drug-likeness (QED) is 0.535. The van der Waals surface area contributed by atoms with Crippen molar-refractivity contribution in [2.24, 2.45) is 0 Å². The van der Waals surface area contributed by atoms with E-state index in [-0.39, 0.29) is 0 Å². The average molecular weight is 153 g/mol. The summed E-state index contributed by atoms with van der Waals surface area (Å²) in [5.74, 6) is 0. The summed E-state index contributed by atoms with van der Waals surface area (Å²) in [5, 5.41) is 0. The zero-order chi connectivity index (χ0) is 7.86. The number of hydrogen-bond acceptors (Lipinski definition) is 3. The van der Waals surface area contributed by atoms with Crippen molar-refractivity contribution in [1.29, 1.82) is 0 Å². The highest BCUT2D eigenvalue weighted by Crippen LogP contribution is 1.65. The van der Waals surface area contributed by atoms with Crippen LogP contribution in [-0.4, -0.2) is 43.6 Å². The Morgan fingerprint density at radius 2 is 1.44 bits per heavy atom. The Hall–Kier alpha value is 0.0700. The van der Waals surface area contributed by atoms with Crippen molar-refractivity contribution in [2.45, 2.75) is 0 Å². The van der Waals surface area contributed by atoms with Gasteiger partial charge in [0.1, 0.15) is 0 Å². The molecule has 0 fully saturated rings. The predicted octanol–water partition coefficient (Wildman–Crippen LogP) is 0.104. The molecule has 9 heavy (non-hydrogen) atoms. The van der Waals surface area contributed by atoms with E-state index in [0.29, 0.717) is 0 Å². The van der Waals surface area contributed by atoms with Gasteiger partial charge in [-0.1, -0.05) is 0 Å². The maximum atomic E-state index is 9.70. The Labute approximate surface area is 59.7 Å². The van der Waals surface area contributed by atoms with E-state index < -0.39 is 11.1 Å². The molecule has 0 bridgehead atoms. The first-order chi connectivity index (χ1) is 4.00. The van der Waals surface area contributed by atoms with E-state index in [4.69, 9.17) is 0 Å². The largest absolute Gasteiger partial charge is 0.312 e. The van der Waals surface area contributed by atoms with Gasteiger partial charge in [0, 0.05) is 6.26 Å². The standard InChI is InChI=1S/C3H9N.C2H6O2S/c1-4(2)3;1-4-5(2)3/h1-3H3;1-2H3.